The smallest absolute Gasteiger partial charge is 0.321 e. The summed E-state index contributed by atoms with van der Waals surface area (Å²) in [7, 11) is -4.05. The number of carboxylic acids is 1. The molecular weight excluding hydrogens is 632 g/mol. The summed E-state index contributed by atoms with van der Waals surface area (Å²) in [5.41, 5.74) is 5.23. The predicted molar refractivity (Wildman–Crippen MR) is 183 cm³/mol. The van der Waals surface area contributed by atoms with Gasteiger partial charge in [-0.3, -0.25) is 14.3 Å². The number of amides is 1. The number of carbonyl (C=O) groups excluding carboxylic acids is 1. The molecule has 0 bridgehead atoms. The van der Waals surface area contributed by atoms with Crippen LogP contribution in [0.25, 0.3) is 11.1 Å². The summed E-state index contributed by atoms with van der Waals surface area (Å²) >= 11 is 0. The second kappa shape index (κ2) is 15.5. The van der Waals surface area contributed by atoms with Crippen LogP contribution < -0.4 is 19.1 Å². The van der Waals surface area contributed by atoms with E-state index in [1.54, 1.807) is 27.9 Å². The van der Waals surface area contributed by atoms with Crippen LogP contribution in [0.5, 0.6) is 11.5 Å². The normalized spacial score (nSPS) is 13.4. The van der Waals surface area contributed by atoms with Gasteiger partial charge in [0.15, 0.2) is 5.75 Å². The largest absolute Gasteiger partial charge is 0.493 e. The third-order valence-corrected chi connectivity index (χ3v) is 9.90. The Morgan fingerprint density at radius 3 is 2.67 bits per heavy atom. The van der Waals surface area contributed by atoms with Gasteiger partial charge in [-0.2, -0.15) is 9.82 Å². The maximum absolute atomic E-state index is 13.3. The topological polar surface area (TPSA) is 140 Å². The molecule has 0 saturated heterocycles. The first kappa shape index (κ1) is 34.6. The van der Waals surface area contributed by atoms with Crippen LogP contribution in [-0.2, 0) is 26.2 Å². The Morgan fingerprint density at radius 1 is 1.08 bits per heavy atom. The monoisotopic (exact) mass is 674 g/mol. The zero-order chi connectivity index (χ0) is 34.3. The molecule has 12 heteroatoms. The highest BCUT2D eigenvalue weighted by atomic mass is 32.2. The van der Waals surface area contributed by atoms with Gasteiger partial charge in [-0.15, -0.1) is 0 Å². The van der Waals surface area contributed by atoms with Crippen molar-refractivity contribution in [2.45, 2.75) is 70.4 Å². The Hall–Kier alpha value is -4.68. The third kappa shape index (κ3) is 8.23. The zero-order valence-corrected chi connectivity index (χ0v) is 28.3. The zero-order valence-electron chi connectivity index (χ0n) is 27.5. The van der Waals surface area contributed by atoms with Crippen molar-refractivity contribution in [3.63, 3.8) is 0 Å². The number of carboxylic acid groups (broad SMARTS) is 1. The van der Waals surface area contributed by atoms with Crippen LogP contribution in [0.4, 0.5) is 5.69 Å². The lowest BCUT2D eigenvalue weighted by Gasteiger charge is -2.31. The summed E-state index contributed by atoms with van der Waals surface area (Å²) in [6.45, 7) is 7.53. The number of fused-ring (bicyclic) bond motifs is 1. The fourth-order valence-electron chi connectivity index (χ4n) is 5.64. The van der Waals surface area contributed by atoms with Crippen molar-refractivity contribution in [3.8, 4) is 22.6 Å². The summed E-state index contributed by atoms with van der Waals surface area (Å²) in [4.78, 5) is 26.7. The van der Waals surface area contributed by atoms with E-state index < -0.39 is 22.0 Å². The number of anilines is 1. The van der Waals surface area contributed by atoms with Crippen LogP contribution >= 0.6 is 0 Å². The molecule has 254 valence electrons. The summed E-state index contributed by atoms with van der Waals surface area (Å²) in [6.07, 6.45) is 6.03. The molecule has 0 saturated carbocycles. The van der Waals surface area contributed by atoms with Gasteiger partial charge in [-0.05, 0) is 67.6 Å². The summed E-state index contributed by atoms with van der Waals surface area (Å²) in [5, 5.41) is 14.0. The number of hydrogen-bond acceptors (Lipinski definition) is 7. The number of nitrogens with one attached hydrogen (secondary N) is 1. The van der Waals surface area contributed by atoms with Crippen LogP contribution in [0, 0.1) is 13.8 Å². The molecule has 0 unspecified atom stereocenters. The van der Waals surface area contributed by atoms with E-state index in [1.807, 2.05) is 63.4 Å². The van der Waals surface area contributed by atoms with E-state index in [0.717, 1.165) is 34.4 Å². The van der Waals surface area contributed by atoms with Gasteiger partial charge in [0, 0.05) is 23.7 Å². The number of aliphatic carboxylic acids is 1. The molecule has 3 aromatic carbocycles. The number of aromatic nitrogens is 2. The first-order chi connectivity index (χ1) is 23.1. The summed E-state index contributed by atoms with van der Waals surface area (Å²) < 4.78 is 42.1. The van der Waals surface area contributed by atoms with Crippen molar-refractivity contribution >= 4 is 27.6 Å². The Bertz CT molecular complexity index is 1870. The van der Waals surface area contributed by atoms with E-state index in [1.165, 1.54) is 12.1 Å². The number of unbranched alkanes of at least 4 members (excludes halogenated alkanes) is 1. The molecule has 0 aliphatic carbocycles. The summed E-state index contributed by atoms with van der Waals surface area (Å²) in [5.74, 6) is 0.246. The van der Waals surface area contributed by atoms with Gasteiger partial charge in [0.2, 0.25) is 15.9 Å². The van der Waals surface area contributed by atoms with Crippen LogP contribution in [-0.4, -0.2) is 61.0 Å². The number of aryl methyl sites for hydroxylation is 1. The number of benzene rings is 3. The molecule has 1 atom stereocenters. The molecule has 0 spiro atoms. The number of para-hydroxylation sites is 1. The van der Waals surface area contributed by atoms with E-state index in [0.29, 0.717) is 56.0 Å². The van der Waals surface area contributed by atoms with Gasteiger partial charge >= 0.3 is 5.97 Å². The first-order valence-electron chi connectivity index (χ1n) is 16.2. The molecule has 1 amide bonds. The number of nitrogens with zero attached hydrogens (tertiary/aromatic N) is 3. The maximum Gasteiger partial charge on any atom is 0.321 e. The van der Waals surface area contributed by atoms with Crippen LogP contribution in [0.2, 0.25) is 0 Å². The van der Waals surface area contributed by atoms with Crippen LogP contribution in [0.15, 0.2) is 78.0 Å². The van der Waals surface area contributed by atoms with Gasteiger partial charge in [0.25, 0.3) is 0 Å². The van der Waals surface area contributed by atoms with E-state index in [9.17, 15) is 23.1 Å². The molecule has 0 fully saturated rings. The van der Waals surface area contributed by atoms with E-state index in [-0.39, 0.29) is 23.8 Å². The molecular formula is C36H42N4O7S. The highest BCUT2D eigenvalue weighted by Gasteiger charge is 2.27. The first-order valence-corrected chi connectivity index (χ1v) is 17.7. The van der Waals surface area contributed by atoms with Crippen LogP contribution in [0.1, 0.15) is 55.7 Å². The minimum atomic E-state index is -4.05. The number of rotatable bonds is 15. The number of ether oxygens (including phenoxy) is 2. The van der Waals surface area contributed by atoms with E-state index in [4.69, 9.17) is 9.47 Å². The molecule has 1 aliphatic heterocycles. The standard InChI is InChI=1S/C36H42N4O7S/c1-4-5-14-31(36(42)43)38-48(44,45)29-12-7-11-27(21-29)23-39-24-28(22-37-39)30-13-8-15-32-35(30)47-20-18-40(32)34(41)17-9-19-46-33-16-6-10-25(2)26(33)3/h6-8,10-13,15-16,21-22,24,31,38H,4-5,9,14,17-20,23H2,1-3H3,(H,42,43)/t31-/m0/s1. The van der Waals surface area contributed by atoms with Crippen molar-refractivity contribution in [2.75, 3.05) is 24.7 Å². The van der Waals surface area contributed by atoms with Gasteiger partial charge in [0.05, 0.1) is 36.5 Å². The fraction of sp³-hybridized carbons (Fsp3) is 0.361. The molecule has 1 aromatic heterocycles. The SMILES string of the molecule is CCCC[C@H](NS(=O)(=O)c1cccc(Cn2cc(-c3cccc4c3OCCN4C(=O)CCCOc3cccc(C)c3C)cn2)c1)C(=O)O. The predicted octanol–water partition coefficient (Wildman–Crippen LogP) is 5.72. The van der Waals surface area contributed by atoms with E-state index in [2.05, 4.69) is 9.82 Å². The van der Waals surface area contributed by atoms with Crippen molar-refractivity contribution in [3.05, 3.63) is 89.7 Å². The molecule has 2 N–H and O–H groups in total. The second-order valence-corrected chi connectivity index (χ2v) is 13.6. The molecule has 48 heavy (non-hydrogen) atoms. The minimum Gasteiger partial charge on any atom is -0.493 e. The fourth-order valence-corrected chi connectivity index (χ4v) is 6.93. The van der Waals surface area contributed by atoms with Gasteiger partial charge < -0.3 is 19.5 Å². The number of hydrogen-bond donors (Lipinski definition) is 2. The molecule has 2 heterocycles. The van der Waals surface area contributed by atoms with Crippen molar-refractivity contribution in [2.24, 2.45) is 0 Å². The Labute approximate surface area is 281 Å². The highest BCUT2D eigenvalue weighted by Crippen LogP contribution is 2.40. The van der Waals surface area contributed by atoms with Crippen LogP contribution in [0.3, 0.4) is 0 Å². The highest BCUT2D eigenvalue weighted by molar-refractivity contribution is 7.89. The summed E-state index contributed by atoms with van der Waals surface area (Å²) in [6, 6.07) is 16.8. The molecule has 4 aromatic rings. The molecule has 0 radical (unpaired) electrons. The lowest BCUT2D eigenvalue weighted by atomic mass is 10.1. The van der Waals surface area contributed by atoms with Gasteiger partial charge in [0.1, 0.15) is 18.4 Å². The average molecular weight is 675 g/mol. The Balaban J connectivity index is 1.25. The molecule has 5 rings (SSSR count). The Morgan fingerprint density at radius 2 is 1.88 bits per heavy atom. The lowest BCUT2D eigenvalue weighted by molar-refractivity contribution is -0.139. The maximum atomic E-state index is 13.3. The van der Waals surface area contributed by atoms with Crippen molar-refractivity contribution in [1.82, 2.24) is 14.5 Å². The quantitative estimate of drug-likeness (QED) is 0.153. The molecule has 11 nitrogen and oxygen atoms in total. The van der Waals surface area contributed by atoms with Crippen molar-refractivity contribution < 1.29 is 32.6 Å². The third-order valence-electron chi connectivity index (χ3n) is 8.43. The average Bonchev–Trinajstić information content (AvgIpc) is 3.54. The number of carbonyl (C=O) groups is 2. The minimum absolute atomic E-state index is 0.00122. The van der Waals surface area contributed by atoms with E-state index >= 15 is 0 Å². The van der Waals surface area contributed by atoms with Gasteiger partial charge in [-0.1, -0.05) is 56.2 Å². The second-order valence-electron chi connectivity index (χ2n) is 11.9. The van der Waals surface area contributed by atoms with Crippen molar-refractivity contribution in [1.29, 1.82) is 0 Å². The lowest BCUT2D eigenvalue weighted by Crippen LogP contribution is -2.40. The molecule has 1 aliphatic rings. The number of sulfonamides is 1. The van der Waals surface area contributed by atoms with Gasteiger partial charge in [-0.25, -0.2) is 8.42 Å². The Kier molecular flexibility index (Phi) is 11.2.